The molecule has 0 unspecified atom stereocenters. The van der Waals surface area contributed by atoms with Gasteiger partial charge in [-0.15, -0.1) is 0 Å². The highest BCUT2D eigenvalue weighted by atomic mass is 32.2. The third kappa shape index (κ3) is 1.90. The molecule has 0 aliphatic heterocycles. The average Bonchev–Trinajstić information content (AvgIpc) is 2.64. The molecule has 0 aromatic carbocycles. The molecule has 0 amide bonds. The molecule has 1 saturated carbocycles. The van der Waals surface area contributed by atoms with Crippen LogP contribution in [-0.4, -0.2) is 30.7 Å². The summed E-state index contributed by atoms with van der Waals surface area (Å²) in [7, 11) is -3.47. The Labute approximate surface area is 88.3 Å². The van der Waals surface area contributed by atoms with Crippen LogP contribution in [0.25, 0.3) is 0 Å². The second-order valence-corrected chi connectivity index (χ2v) is 5.56. The number of sulfonamides is 1. The zero-order chi connectivity index (χ0) is 10.9. The van der Waals surface area contributed by atoms with E-state index in [9.17, 15) is 8.42 Å². The first-order valence-electron chi connectivity index (χ1n) is 4.81. The summed E-state index contributed by atoms with van der Waals surface area (Å²) in [6.07, 6.45) is 5.27. The fourth-order valence-corrected chi connectivity index (χ4v) is 3.06. The lowest BCUT2D eigenvalue weighted by Crippen LogP contribution is -2.57. The minimum atomic E-state index is -3.47. The van der Waals surface area contributed by atoms with Crippen molar-refractivity contribution < 1.29 is 8.42 Å². The average molecular weight is 230 g/mol. The van der Waals surface area contributed by atoms with Crippen LogP contribution < -0.4 is 10.5 Å². The maximum atomic E-state index is 11.8. The van der Waals surface area contributed by atoms with Gasteiger partial charge in [0.1, 0.15) is 4.90 Å². The number of rotatable bonds is 4. The molecule has 1 aliphatic rings. The van der Waals surface area contributed by atoms with Gasteiger partial charge in [0.15, 0.2) is 0 Å². The quantitative estimate of drug-likeness (QED) is 0.653. The van der Waals surface area contributed by atoms with Gasteiger partial charge >= 0.3 is 0 Å². The largest absolute Gasteiger partial charge is 0.329 e. The van der Waals surface area contributed by atoms with E-state index in [0.29, 0.717) is 6.54 Å². The van der Waals surface area contributed by atoms with Crippen molar-refractivity contribution in [1.82, 2.24) is 14.9 Å². The molecule has 1 fully saturated rings. The number of aromatic nitrogens is 2. The van der Waals surface area contributed by atoms with Gasteiger partial charge in [0.05, 0.1) is 6.20 Å². The van der Waals surface area contributed by atoms with Crippen molar-refractivity contribution in [3.05, 3.63) is 12.4 Å². The summed E-state index contributed by atoms with van der Waals surface area (Å²) in [6.45, 7) is 0.337. The SMILES string of the molecule is NCC1(NS(=O)(=O)c2cn[nH]c2)CCC1. The van der Waals surface area contributed by atoms with Crippen LogP contribution in [0.1, 0.15) is 19.3 Å². The lowest BCUT2D eigenvalue weighted by atomic mass is 9.78. The third-order valence-electron chi connectivity index (χ3n) is 2.84. The minimum absolute atomic E-state index is 0.155. The highest BCUT2D eigenvalue weighted by Gasteiger charge is 2.39. The van der Waals surface area contributed by atoms with E-state index in [0.717, 1.165) is 19.3 Å². The Balaban J connectivity index is 2.18. The summed E-state index contributed by atoms with van der Waals surface area (Å²) in [6, 6.07) is 0. The third-order valence-corrected chi connectivity index (χ3v) is 4.38. The van der Waals surface area contributed by atoms with Gasteiger partial charge in [-0.3, -0.25) is 5.10 Å². The van der Waals surface area contributed by atoms with Crippen molar-refractivity contribution in [2.24, 2.45) is 5.73 Å². The van der Waals surface area contributed by atoms with E-state index in [1.165, 1.54) is 12.4 Å². The van der Waals surface area contributed by atoms with E-state index in [4.69, 9.17) is 5.73 Å². The Morgan fingerprint density at radius 3 is 2.73 bits per heavy atom. The first-order valence-corrected chi connectivity index (χ1v) is 6.29. The Kier molecular flexibility index (Phi) is 2.53. The Morgan fingerprint density at radius 2 is 2.33 bits per heavy atom. The van der Waals surface area contributed by atoms with E-state index < -0.39 is 15.6 Å². The van der Waals surface area contributed by atoms with Gasteiger partial charge in [0, 0.05) is 18.3 Å². The van der Waals surface area contributed by atoms with E-state index in [2.05, 4.69) is 14.9 Å². The van der Waals surface area contributed by atoms with Gasteiger partial charge in [-0.1, -0.05) is 0 Å². The van der Waals surface area contributed by atoms with Crippen LogP contribution in [0.5, 0.6) is 0 Å². The van der Waals surface area contributed by atoms with Gasteiger partial charge in [0.25, 0.3) is 0 Å². The zero-order valence-corrected chi connectivity index (χ0v) is 9.05. The molecule has 0 radical (unpaired) electrons. The van der Waals surface area contributed by atoms with E-state index in [1.54, 1.807) is 0 Å². The topological polar surface area (TPSA) is 101 Å². The van der Waals surface area contributed by atoms with Crippen molar-refractivity contribution in [3.8, 4) is 0 Å². The molecule has 7 heteroatoms. The maximum Gasteiger partial charge on any atom is 0.244 e. The lowest BCUT2D eigenvalue weighted by Gasteiger charge is -2.40. The van der Waals surface area contributed by atoms with Crippen molar-refractivity contribution in [2.75, 3.05) is 6.54 Å². The van der Waals surface area contributed by atoms with Crippen LogP contribution >= 0.6 is 0 Å². The number of hydrogen-bond acceptors (Lipinski definition) is 4. The van der Waals surface area contributed by atoms with Crippen LogP contribution in [0.4, 0.5) is 0 Å². The number of aromatic amines is 1. The van der Waals surface area contributed by atoms with E-state index >= 15 is 0 Å². The van der Waals surface area contributed by atoms with Gasteiger partial charge < -0.3 is 5.73 Å². The Hall–Kier alpha value is -0.920. The highest BCUT2D eigenvalue weighted by Crippen LogP contribution is 2.32. The second-order valence-electron chi connectivity index (χ2n) is 3.88. The smallest absolute Gasteiger partial charge is 0.244 e. The minimum Gasteiger partial charge on any atom is -0.329 e. The van der Waals surface area contributed by atoms with E-state index in [-0.39, 0.29) is 4.90 Å². The monoisotopic (exact) mass is 230 g/mol. The molecular weight excluding hydrogens is 216 g/mol. The van der Waals surface area contributed by atoms with Crippen LogP contribution in [0.3, 0.4) is 0 Å². The van der Waals surface area contributed by atoms with Gasteiger partial charge in [-0.25, -0.2) is 13.1 Å². The standard InChI is InChI=1S/C8H14N4O2S/c9-6-8(2-1-3-8)12-15(13,14)7-4-10-11-5-7/h4-5,12H,1-3,6,9H2,(H,10,11). The summed E-state index contributed by atoms with van der Waals surface area (Å²) in [5.74, 6) is 0. The molecule has 1 aromatic heterocycles. The fraction of sp³-hybridized carbons (Fsp3) is 0.625. The molecule has 84 valence electrons. The number of nitrogens with one attached hydrogen (secondary N) is 2. The predicted octanol–water partition coefficient (Wildman–Crippen LogP) is -0.431. The molecular formula is C8H14N4O2S. The van der Waals surface area contributed by atoms with Crippen LogP contribution in [0, 0.1) is 0 Å². The van der Waals surface area contributed by atoms with Gasteiger partial charge in [-0.2, -0.15) is 5.10 Å². The number of nitrogens with zero attached hydrogens (tertiary/aromatic N) is 1. The predicted molar refractivity (Wildman–Crippen MR) is 54.5 cm³/mol. The van der Waals surface area contributed by atoms with Crippen molar-refractivity contribution in [3.63, 3.8) is 0 Å². The molecule has 4 N–H and O–H groups in total. The first kappa shape index (κ1) is 10.6. The number of nitrogens with two attached hydrogens (primary N) is 1. The second kappa shape index (κ2) is 3.58. The molecule has 15 heavy (non-hydrogen) atoms. The molecule has 0 saturated heterocycles. The Morgan fingerprint density at radius 1 is 1.60 bits per heavy atom. The lowest BCUT2D eigenvalue weighted by molar-refractivity contribution is 0.230. The van der Waals surface area contributed by atoms with Crippen molar-refractivity contribution in [1.29, 1.82) is 0 Å². The first-order chi connectivity index (χ1) is 7.08. The number of H-pyrrole nitrogens is 1. The summed E-state index contributed by atoms with van der Waals surface area (Å²) in [5, 5.41) is 6.09. The number of hydrogen-bond donors (Lipinski definition) is 3. The summed E-state index contributed by atoms with van der Waals surface area (Å²) >= 11 is 0. The van der Waals surface area contributed by atoms with E-state index in [1.807, 2.05) is 0 Å². The molecule has 6 nitrogen and oxygen atoms in total. The zero-order valence-electron chi connectivity index (χ0n) is 8.23. The summed E-state index contributed by atoms with van der Waals surface area (Å²) in [5.41, 5.74) is 5.14. The van der Waals surface area contributed by atoms with Crippen LogP contribution in [-0.2, 0) is 10.0 Å². The summed E-state index contributed by atoms with van der Waals surface area (Å²) < 4.78 is 26.3. The van der Waals surface area contributed by atoms with Gasteiger partial charge in [0.2, 0.25) is 10.0 Å². The van der Waals surface area contributed by atoms with Crippen LogP contribution in [0.15, 0.2) is 17.3 Å². The highest BCUT2D eigenvalue weighted by molar-refractivity contribution is 7.89. The fourth-order valence-electron chi connectivity index (χ4n) is 1.68. The van der Waals surface area contributed by atoms with Gasteiger partial charge in [-0.05, 0) is 19.3 Å². The normalized spacial score (nSPS) is 19.8. The molecule has 2 rings (SSSR count). The molecule has 0 bridgehead atoms. The maximum absolute atomic E-state index is 11.8. The van der Waals surface area contributed by atoms with Crippen LogP contribution in [0.2, 0.25) is 0 Å². The molecule has 1 aliphatic carbocycles. The molecule has 1 heterocycles. The summed E-state index contributed by atoms with van der Waals surface area (Å²) in [4.78, 5) is 0.155. The Bertz CT molecular complexity index is 416. The molecule has 0 spiro atoms. The van der Waals surface area contributed by atoms with Crippen molar-refractivity contribution >= 4 is 10.0 Å². The molecule has 1 aromatic rings. The molecule has 0 atom stereocenters. The van der Waals surface area contributed by atoms with Crippen molar-refractivity contribution in [2.45, 2.75) is 29.7 Å².